The van der Waals surface area contributed by atoms with Crippen LogP contribution >= 0.6 is 0 Å². The predicted octanol–water partition coefficient (Wildman–Crippen LogP) is 6.12. The number of carboxylic acid groups (broad SMARTS) is 1. The molecule has 1 unspecified atom stereocenters. The molecule has 2 saturated heterocycles. The number of carboxylic acids is 1. The SMILES string of the molecule is CC(C)n1nc(CN2CCC3(CC2)CC(c2ccc(C(=O)O)cc2)NO3)c2c(-c3ccc(F)cc3)cccc21. The van der Waals surface area contributed by atoms with Gasteiger partial charge in [-0.25, -0.2) is 9.18 Å². The molecule has 3 heterocycles. The second-order valence-electron chi connectivity index (χ2n) is 11.1. The number of fused-ring (bicyclic) bond motifs is 1. The molecule has 202 valence electrons. The van der Waals surface area contributed by atoms with Crippen LogP contribution in [0.5, 0.6) is 0 Å². The Kier molecular flexibility index (Phi) is 6.71. The Bertz CT molecular complexity index is 1490. The summed E-state index contributed by atoms with van der Waals surface area (Å²) in [5.74, 6) is -1.16. The molecule has 0 saturated carbocycles. The Morgan fingerprint density at radius 2 is 1.82 bits per heavy atom. The van der Waals surface area contributed by atoms with Gasteiger partial charge in [-0.15, -0.1) is 0 Å². The number of aromatic nitrogens is 2. The zero-order chi connectivity index (χ0) is 27.1. The number of hydrogen-bond acceptors (Lipinski definition) is 5. The number of benzene rings is 3. The van der Waals surface area contributed by atoms with E-state index in [9.17, 15) is 14.3 Å². The lowest BCUT2D eigenvalue weighted by Gasteiger charge is -2.37. The van der Waals surface area contributed by atoms with E-state index in [-0.39, 0.29) is 29.1 Å². The highest BCUT2D eigenvalue weighted by molar-refractivity contribution is 5.97. The van der Waals surface area contributed by atoms with Crippen LogP contribution in [0, 0.1) is 5.82 Å². The van der Waals surface area contributed by atoms with E-state index >= 15 is 0 Å². The number of aromatic carboxylic acids is 1. The first kappa shape index (κ1) is 25.7. The van der Waals surface area contributed by atoms with Gasteiger partial charge in [-0.1, -0.05) is 36.4 Å². The average Bonchev–Trinajstić information content (AvgIpc) is 3.53. The lowest BCUT2D eigenvalue weighted by atomic mass is 9.84. The third-order valence-electron chi connectivity index (χ3n) is 8.15. The Morgan fingerprint density at radius 3 is 2.49 bits per heavy atom. The Labute approximate surface area is 227 Å². The minimum Gasteiger partial charge on any atom is -0.478 e. The molecule has 39 heavy (non-hydrogen) atoms. The lowest BCUT2D eigenvalue weighted by Crippen LogP contribution is -2.44. The third-order valence-corrected chi connectivity index (χ3v) is 8.15. The van der Waals surface area contributed by atoms with E-state index in [4.69, 9.17) is 9.94 Å². The van der Waals surface area contributed by atoms with Crippen molar-refractivity contribution in [3.05, 3.63) is 89.4 Å². The molecule has 6 rings (SSSR count). The van der Waals surface area contributed by atoms with Gasteiger partial charge in [0.15, 0.2) is 0 Å². The van der Waals surface area contributed by atoms with Crippen LogP contribution in [-0.4, -0.2) is 44.4 Å². The zero-order valence-corrected chi connectivity index (χ0v) is 22.2. The first-order chi connectivity index (χ1) is 18.8. The van der Waals surface area contributed by atoms with Crippen molar-refractivity contribution in [2.45, 2.75) is 57.3 Å². The number of halogens is 1. The van der Waals surface area contributed by atoms with Gasteiger partial charge in [-0.3, -0.25) is 14.4 Å². The quantitative estimate of drug-likeness (QED) is 0.314. The molecular weight excluding hydrogens is 495 g/mol. The Balaban J connectivity index is 1.19. The van der Waals surface area contributed by atoms with Crippen molar-refractivity contribution in [3.63, 3.8) is 0 Å². The van der Waals surface area contributed by atoms with E-state index in [2.05, 4.69) is 41.0 Å². The topological polar surface area (TPSA) is 79.6 Å². The minimum absolute atomic E-state index is 0.0448. The molecule has 4 aromatic rings. The van der Waals surface area contributed by atoms with Crippen LogP contribution in [0.1, 0.15) is 66.8 Å². The first-order valence-electron chi connectivity index (χ1n) is 13.6. The number of rotatable bonds is 6. The summed E-state index contributed by atoms with van der Waals surface area (Å²) in [4.78, 5) is 19.8. The van der Waals surface area contributed by atoms with E-state index < -0.39 is 5.97 Å². The van der Waals surface area contributed by atoms with Gasteiger partial charge in [0, 0.05) is 37.5 Å². The van der Waals surface area contributed by atoms with E-state index in [0.29, 0.717) is 0 Å². The molecule has 1 atom stereocenters. The molecule has 1 aromatic heterocycles. The maximum atomic E-state index is 13.6. The van der Waals surface area contributed by atoms with Crippen LogP contribution < -0.4 is 5.48 Å². The summed E-state index contributed by atoms with van der Waals surface area (Å²) in [5, 5.41) is 15.4. The van der Waals surface area contributed by atoms with Gasteiger partial charge in [0.05, 0.1) is 28.4 Å². The summed E-state index contributed by atoms with van der Waals surface area (Å²) < 4.78 is 15.7. The van der Waals surface area contributed by atoms with Crippen LogP contribution in [0.15, 0.2) is 66.7 Å². The zero-order valence-electron chi connectivity index (χ0n) is 22.2. The summed E-state index contributed by atoms with van der Waals surface area (Å²) in [6.45, 7) is 6.79. The number of likely N-dealkylation sites (tertiary alicyclic amines) is 1. The fourth-order valence-electron chi connectivity index (χ4n) is 5.97. The molecule has 3 aromatic carbocycles. The minimum atomic E-state index is -0.920. The summed E-state index contributed by atoms with van der Waals surface area (Å²) in [7, 11) is 0. The molecule has 7 nitrogen and oxygen atoms in total. The van der Waals surface area contributed by atoms with Gasteiger partial charge < -0.3 is 5.11 Å². The van der Waals surface area contributed by atoms with Gasteiger partial charge in [-0.2, -0.15) is 10.6 Å². The Morgan fingerprint density at radius 1 is 1.10 bits per heavy atom. The number of carbonyl (C=O) groups is 1. The summed E-state index contributed by atoms with van der Waals surface area (Å²) in [6.07, 6.45) is 2.65. The molecule has 8 heteroatoms. The van der Waals surface area contributed by atoms with Crippen molar-refractivity contribution in [1.29, 1.82) is 0 Å². The van der Waals surface area contributed by atoms with Crippen LogP contribution in [0.2, 0.25) is 0 Å². The smallest absolute Gasteiger partial charge is 0.335 e. The number of nitrogens with zero attached hydrogens (tertiary/aromatic N) is 3. The van der Waals surface area contributed by atoms with Crippen LogP contribution in [0.3, 0.4) is 0 Å². The molecule has 0 radical (unpaired) electrons. The fourth-order valence-corrected chi connectivity index (χ4v) is 5.97. The van der Waals surface area contributed by atoms with Crippen molar-refractivity contribution in [3.8, 4) is 11.1 Å². The maximum absolute atomic E-state index is 13.6. The summed E-state index contributed by atoms with van der Waals surface area (Å²) in [5.41, 5.74) is 8.49. The van der Waals surface area contributed by atoms with E-state index in [1.54, 1.807) is 12.1 Å². The van der Waals surface area contributed by atoms with Crippen LogP contribution in [-0.2, 0) is 11.4 Å². The highest BCUT2D eigenvalue weighted by Crippen LogP contribution is 2.41. The largest absolute Gasteiger partial charge is 0.478 e. The number of hydrogen-bond donors (Lipinski definition) is 2. The predicted molar refractivity (Wildman–Crippen MR) is 148 cm³/mol. The number of piperidine rings is 1. The molecule has 0 aliphatic carbocycles. The van der Waals surface area contributed by atoms with Crippen molar-refractivity contribution >= 4 is 16.9 Å². The number of hydroxylamine groups is 1. The molecule has 0 amide bonds. The monoisotopic (exact) mass is 528 g/mol. The van der Waals surface area contributed by atoms with Crippen molar-refractivity contribution in [1.82, 2.24) is 20.2 Å². The average molecular weight is 529 g/mol. The molecule has 0 bridgehead atoms. The van der Waals surface area contributed by atoms with Crippen LogP contribution in [0.4, 0.5) is 4.39 Å². The highest BCUT2D eigenvalue weighted by atomic mass is 19.1. The Hall–Kier alpha value is -3.59. The second kappa shape index (κ2) is 10.2. The highest BCUT2D eigenvalue weighted by Gasteiger charge is 2.43. The van der Waals surface area contributed by atoms with Crippen LogP contribution in [0.25, 0.3) is 22.0 Å². The third kappa shape index (κ3) is 4.95. The fraction of sp³-hybridized carbons (Fsp3) is 0.355. The summed E-state index contributed by atoms with van der Waals surface area (Å²) >= 11 is 0. The molecule has 2 fully saturated rings. The van der Waals surface area contributed by atoms with Gasteiger partial charge in [-0.05, 0) is 73.7 Å². The van der Waals surface area contributed by atoms with Gasteiger partial charge >= 0.3 is 5.97 Å². The molecule has 2 aliphatic rings. The van der Waals surface area contributed by atoms with Crippen molar-refractivity contribution in [2.24, 2.45) is 0 Å². The molecule has 2 N–H and O–H groups in total. The van der Waals surface area contributed by atoms with E-state index in [1.807, 2.05) is 30.3 Å². The standard InChI is InChI=1S/C31H33FN4O3/c1-20(2)36-28-5-3-4-25(21-10-12-24(32)13-11-21)29(28)27(33-36)19-35-16-14-31(15-17-35)18-26(34-39-31)22-6-8-23(9-7-22)30(37)38/h3-13,20,26,34H,14-19H2,1-2H3,(H,37,38). The molecular formula is C31H33FN4O3. The van der Waals surface area contributed by atoms with Crippen molar-refractivity contribution < 1.29 is 19.1 Å². The molecule has 2 aliphatic heterocycles. The van der Waals surface area contributed by atoms with Gasteiger partial charge in [0.1, 0.15) is 5.82 Å². The van der Waals surface area contributed by atoms with Gasteiger partial charge in [0.25, 0.3) is 0 Å². The van der Waals surface area contributed by atoms with Gasteiger partial charge in [0.2, 0.25) is 0 Å². The lowest BCUT2D eigenvalue weighted by molar-refractivity contribution is -0.0899. The number of nitrogens with one attached hydrogen (secondary N) is 1. The maximum Gasteiger partial charge on any atom is 0.335 e. The first-order valence-corrected chi connectivity index (χ1v) is 13.6. The summed E-state index contributed by atoms with van der Waals surface area (Å²) in [6, 6.07) is 20.2. The second-order valence-corrected chi connectivity index (χ2v) is 11.1. The van der Waals surface area contributed by atoms with E-state index in [1.165, 1.54) is 12.1 Å². The van der Waals surface area contributed by atoms with E-state index in [0.717, 1.165) is 72.2 Å². The normalized spacial score (nSPS) is 19.3. The molecule has 1 spiro atoms. The van der Waals surface area contributed by atoms with Crippen molar-refractivity contribution in [2.75, 3.05) is 13.1 Å².